The molecule has 0 aromatic heterocycles. The zero-order chi connectivity index (χ0) is 12.3. The summed E-state index contributed by atoms with van der Waals surface area (Å²) in [6.07, 6.45) is 5.01. The molecule has 1 nitrogen and oxygen atoms in total. The van der Waals surface area contributed by atoms with Crippen molar-refractivity contribution in [2.45, 2.75) is 38.6 Å². The second kappa shape index (κ2) is 5.96. The van der Waals surface area contributed by atoms with Gasteiger partial charge in [-0.05, 0) is 49.4 Å². The number of hydrogen-bond donors (Lipinski definition) is 1. The van der Waals surface area contributed by atoms with E-state index in [2.05, 4.69) is 28.2 Å². The van der Waals surface area contributed by atoms with Crippen molar-refractivity contribution in [1.29, 1.82) is 0 Å². The summed E-state index contributed by atoms with van der Waals surface area (Å²) in [6.45, 7) is 3.29. The molecule has 3 heteroatoms. The summed E-state index contributed by atoms with van der Waals surface area (Å²) < 4.78 is 13.8. The summed E-state index contributed by atoms with van der Waals surface area (Å²) in [4.78, 5) is 0. The van der Waals surface area contributed by atoms with Crippen molar-refractivity contribution in [2.75, 3.05) is 6.54 Å². The summed E-state index contributed by atoms with van der Waals surface area (Å²) in [7, 11) is 0. The molecule has 1 atom stereocenters. The lowest BCUT2D eigenvalue weighted by Crippen LogP contribution is -2.38. The predicted molar refractivity (Wildman–Crippen MR) is 72.6 cm³/mol. The van der Waals surface area contributed by atoms with Gasteiger partial charge in [0.25, 0.3) is 0 Å². The standard InChI is InChI=1S/C14H19BrFN/c1-10(9-17-13-3-2-4-13)7-11-5-6-12(16)8-14(11)15/h5-6,8,10,13,17H,2-4,7,9H2,1H3. The van der Waals surface area contributed by atoms with Crippen LogP contribution < -0.4 is 5.32 Å². The highest BCUT2D eigenvalue weighted by atomic mass is 79.9. The van der Waals surface area contributed by atoms with Crippen LogP contribution in [0.5, 0.6) is 0 Å². The van der Waals surface area contributed by atoms with Crippen LogP contribution in [0.1, 0.15) is 31.7 Å². The van der Waals surface area contributed by atoms with Gasteiger partial charge >= 0.3 is 0 Å². The Morgan fingerprint density at radius 2 is 2.24 bits per heavy atom. The van der Waals surface area contributed by atoms with E-state index < -0.39 is 0 Å². The van der Waals surface area contributed by atoms with Crippen LogP contribution in [0.25, 0.3) is 0 Å². The molecular weight excluding hydrogens is 281 g/mol. The topological polar surface area (TPSA) is 12.0 Å². The number of hydrogen-bond acceptors (Lipinski definition) is 1. The lowest BCUT2D eigenvalue weighted by atomic mass is 9.92. The first-order chi connectivity index (χ1) is 8.15. The maximum Gasteiger partial charge on any atom is 0.124 e. The predicted octanol–water partition coefficient (Wildman–Crippen LogP) is 3.91. The van der Waals surface area contributed by atoms with Gasteiger partial charge in [-0.25, -0.2) is 4.39 Å². The first-order valence-electron chi connectivity index (χ1n) is 6.32. The second-order valence-electron chi connectivity index (χ2n) is 5.08. The monoisotopic (exact) mass is 299 g/mol. The Kier molecular flexibility index (Phi) is 4.57. The average Bonchev–Trinajstić information content (AvgIpc) is 2.20. The molecule has 1 saturated carbocycles. The molecule has 1 N–H and O–H groups in total. The molecule has 1 aliphatic carbocycles. The molecular formula is C14H19BrFN. The normalized spacial score (nSPS) is 17.8. The maximum atomic E-state index is 12.9. The van der Waals surface area contributed by atoms with Crippen LogP contribution in [0.4, 0.5) is 4.39 Å². The molecule has 0 radical (unpaired) electrons. The van der Waals surface area contributed by atoms with Gasteiger partial charge in [0.2, 0.25) is 0 Å². The van der Waals surface area contributed by atoms with Crippen LogP contribution in [0.2, 0.25) is 0 Å². The fourth-order valence-corrected chi connectivity index (χ4v) is 2.63. The molecule has 1 aromatic rings. The third-order valence-corrected chi connectivity index (χ3v) is 4.18. The fraction of sp³-hybridized carbons (Fsp3) is 0.571. The summed E-state index contributed by atoms with van der Waals surface area (Å²) >= 11 is 3.42. The van der Waals surface area contributed by atoms with Crippen molar-refractivity contribution in [1.82, 2.24) is 5.32 Å². The van der Waals surface area contributed by atoms with E-state index in [0.29, 0.717) is 5.92 Å². The lowest BCUT2D eigenvalue weighted by molar-refractivity contribution is 0.320. The smallest absolute Gasteiger partial charge is 0.124 e. The van der Waals surface area contributed by atoms with Gasteiger partial charge in [0.15, 0.2) is 0 Å². The lowest BCUT2D eigenvalue weighted by Gasteiger charge is -2.28. The van der Waals surface area contributed by atoms with E-state index >= 15 is 0 Å². The Morgan fingerprint density at radius 1 is 1.47 bits per heavy atom. The number of halogens is 2. The SMILES string of the molecule is CC(CNC1CCC1)Cc1ccc(F)cc1Br. The molecule has 1 aliphatic rings. The third-order valence-electron chi connectivity index (χ3n) is 3.44. The van der Waals surface area contributed by atoms with E-state index in [4.69, 9.17) is 0 Å². The average molecular weight is 300 g/mol. The molecule has 0 saturated heterocycles. The van der Waals surface area contributed by atoms with E-state index in [1.807, 2.05) is 6.07 Å². The Bertz CT molecular complexity index is 376. The largest absolute Gasteiger partial charge is 0.314 e. The fourth-order valence-electron chi connectivity index (χ4n) is 2.12. The molecule has 2 rings (SSSR count). The molecule has 1 aromatic carbocycles. The van der Waals surface area contributed by atoms with Gasteiger partial charge in [-0.2, -0.15) is 0 Å². The van der Waals surface area contributed by atoms with Crippen molar-refractivity contribution < 1.29 is 4.39 Å². The van der Waals surface area contributed by atoms with Crippen LogP contribution in [0.15, 0.2) is 22.7 Å². The van der Waals surface area contributed by atoms with Crippen molar-refractivity contribution >= 4 is 15.9 Å². The van der Waals surface area contributed by atoms with E-state index in [1.54, 1.807) is 6.07 Å². The number of benzene rings is 1. The maximum absolute atomic E-state index is 12.9. The Hall–Kier alpha value is -0.410. The molecule has 0 aliphatic heterocycles. The molecule has 0 amide bonds. The quantitative estimate of drug-likeness (QED) is 0.869. The molecule has 0 spiro atoms. The highest BCUT2D eigenvalue weighted by molar-refractivity contribution is 9.10. The third kappa shape index (κ3) is 3.78. The Labute approximate surface area is 111 Å². The minimum absolute atomic E-state index is 0.180. The Balaban J connectivity index is 1.81. The Morgan fingerprint density at radius 3 is 2.82 bits per heavy atom. The summed E-state index contributed by atoms with van der Waals surface area (Å²) in [5.41, 5.74) is 1.19. The summed E-state index contributed by atoms with van der Waals surface area (Å²) in [5, 5.41) is 3.58. The number of nitrogens with one attached hydrogen (secondary N) is 1. The van der Waals surface area contributed by atoms with Crippen LogP contribution in [-0.4, -0.2) is 12.6 Å². The molecule has 94 valence electrons. The van der Waals surface area contributed by atoms with Gasteiger partial charge in [0.05, 0.1) is 0 Å². The summed E-state index contributed by atoms with van der Waals surface area (Å²) in [5.74, 6) is 0.401. The zero-order valence-electron chi connectivity index (χ0n) is 10.2. The van der Waals surface area contributed by atoms with Crippen molar-refractivity contribution in [3.8, 4) is 0 Å². The minimum atomic E-state index is -0.180. The highest BCUT2D eigenvalue weighted by Gasteiger charge is 2.17. The van der Waals surface area contributed by atoms with Gasteiger partial charge < -0.3 is 5.32 Å². The highest BCUT2D eigenvalue weighted by Crippen LogP contribution is 2.22. The first-order valence-corrected chi connectivity index (χ1v) is 7.12. The van der Waals surface area contributed by atoms with Crippen molar-refractivity contribution in [3.05, 3.63) is 34.1 Å². The number of rotatable bonds is 5. The second-order valence-corrected chi connectivity index (χ2v) is 5.94. The van der Waals surface area contributed by atoms with Crippen LogP contribution in [-0.2, 0) is 6.42 Å². The van der Waals surface area contributed by atoms with Crippen LogP contribution in [0, 0.1) is 11.7 Å². The van der Waals surface area contributed by atoms with Gasteiger partial charge in [0.1, 0.15) is 5.82 Å². The molecule has 1 unspecified atom stereocenters. The van der Waals surface area contributed by atoms with Gasteiger partial charge in [-0.3, -0.25) is 0 Å². The molecule has 17 heavy (non-hydrogen) atoms. The first kappa shape index (κ1) is 13.0. The van der Waals surface area contributed by atoms with Crippen molar-refractivity contribution in [2.24, 2.45) is 5.92 Å². The van der Waals surface area contributed by atoms with Gasteiger partial charge in [-0.1, -0.05) is 35.3 Å². The zero-order valence-corrected chi connectivity index (χ0v) is 11.8. The molecule has 0 heterocycles. The van der Waals surface area contributed by atoms with Gasteiger partial charge in [-0.15, -0.1) is 0 Å². The van der Waals surface area contributed by atoms with E-state index in [1.165, 1.54) is 30.9 Å². The van der Waals surface area contributed by atoms with Crippen molar-refractivity contribution in [3.63, 3.8) is 0 Å². The van der Waals surface area contributed by atoms with E-state index in [9.17, 15) is 4.39 Å². The van der Waals surface area contributed by atoms with Crippen LogP contribution >= 0.6 is 15.9 Å². The van der Waals surface area contributed by atoms with Gasteiger partial charge in [0, 0.05) is 10.5 Å². The van der Waals surface area contributed by atoms with E-state index in [0.717, 1.165) is 23.5 Å². The minimum Gasteiger partial charge on any atom is -0.314 e. The van der Waals surface area contributed by atoms with Crippen LogP contribution in [0.3, 0.4) is 0 Å². The molecule has 0 bridgehead atoms. The molecule has 1 fully saturated rings. The van der Waals surface area contributed by atoms with E-state index in [-0.39, 0.29) is 5.82 Å². The summed E-state index contributed by atoms with van der Waals surface area (Å²) in [6, 6.07) is 5.70.